The molecule has 38 heavy (non-hydrogen) atoms. The Labute approximate surface area is 223 Å². The van der Waals surface area contributed by atoms with Gasteiger partial charge in [0, 0.05) is 34.9 Å². The first-order valence-corrected chi connectivity index (χ1v) is 14.3. The third-order valence-electron chi connectivity index (χ3n) is 5.95. The van der Waals surface area contributed by atoms with Crippen molar-refractivity contribution >= 4 is 15.8 Å². The molecule has 1 heterocycles. The monoisotopic (exact) mass is 534 g/mol. The van der Waals surface area contributed by atoms with Crippen molar-refractivity contribution in [3.63, 3.8) is 0 Å². The van der Waals surface area contributed by atoms with E-state index < -0.39 is 9.84 Å². The summed E-state index contributed by atoms with van der Waals surface area (Å²) in [6.45, 7) is 1.15. The van der Waals surface area contributed by atoms with Gasteiger partial charge in [0.25, 0.3) is 0 Å². The van der Waals surface area contributed by atoms with E-state index in [0.717, 1.165) is 28.0 Å². The molecule has 3 aromatic carbocycles. The molecule has 1 atom stereocenters. The number of carbonyl (C=O) groups is 1. The maximum absolute atomic E-state index is 11.6. The number of hydrogen-bond donors (Lipinski definition) is 0. The van der Waals surface area contributed by atoms with Crippen LogP contribution in [0.4, 0.5) is 0 Å². The Morgan fingerprint density at radius 3 is 2.47 bits per heavy atom. The van der Waals surface area contributed by atoms with Gasteiger partial charge in [-0.25, -0.2) is 8.42 Å². The highest BCUT2D eigenvalue weighted by molar-refractivity contribution is 7.90. The van der Waals surface area contributed by atoms with Crippen LogP contribution in [0.3, 0.4) is 0 Å². The standard InChI is InChI=1S/C30H30O7S/c1-34-30(31)18-25-21-37-29-19-27(12-13-28(25)29)36-20-24-8-3-6-22(16-24)10-11-23-7-4-9-26(17-23)35-14-5-15-38(2,32)33/h3-4,6-9,12-13,16-17,19,25H,5,14-15,18,20-21H2,1-2H3. The van der Waals surface area contributed by atoms with E-state index in [1.165, 1.54) is 13.4 Å². The van der Waals surface area contributed by atoms with Crippen LogP contribution in [0.2, 0.25) is 0 Å². The Balaban J connectivity index is 1.33. The van der Waals surface area contributed by atoms with E-state index in [4.69, 9.17) is 18.9 Å². The number of benzene rings is 3. The van der Waals surface area contributed by atoms with Crippen molar-refractivity contribution in [2.24, 2.45) is 0 Å². The van der Waals surface area contributed by atoms with Crippen molar-refractivity contribution in [3.8, 4) is 29.1 Å². The van der Waals surface area contributed by atoms with Gasteiger partial charge in [0.05, 0.1) is 32.5 Å². The molecule has 1 aliphatic rings. The largest absolute Gasteiger partial charge is 0.494 e. The predicted molar refractivity (Wildman–Crippen MR) is 144 cm³/mol. The quantitative estimate of drug-likeness (QED) is 0.215. The van der Waals surface area contributed by atoms with E-state index >= 15 is 0 Å². The SMILES string of the molecule is COC(=O)CC1COc2cc(OCc3cccc(C#Cc4cccc(OCCCS(C)(=O)=O)c4)c3)ccc21. The summed E-state index contributed by atoms with van der Waals surface area (Å²) < 4.78 is 44.7. The Hall–Kier alpha value is -3.96. The third kappa shape index (κ3) is 8.02. The van der Waals surface area contributed by atoms with Gasteiger partial charge in [-0.1, -0.05) is 36.1 Å². The summed E-state index contributed by atoms with van der Waals surface area (Å²) in [5, 5.41) is 0. The Morgan fingerprint density at radius 1 is 0.974 bits per heavy atom. The van der Waals surface area contributed by atoms with Crippen molar-refractivity contribution in [3.05, 3.63) is 89.0 Å². The summed E-state index contributed by atoms with van der Waals surface area (Å²) in [4.78, 5) is 11.6. The van der Waals surface area contributed by atoms with Gasteiger partial charge in [-0.05, 0) is 48.4 Å². The minimum absolute atomic E-state index is 0.00566. The number of fused-ring (bicyclic) bond motifs is 1. The second-order valence-electron chi connectivity index (χ2n) is 9.09. The third-order valence-corrected chi connectivity index (χ3v) is 6.98. The minimum Gasteiger partial charge on any atom is -0.494 e. The highest BCUT2D eigenvalue weighted by Crippen LogP contribution is 2.38. The van der Waals surface area contributed by atoms with E-state index in [0.29, 0.717) is 44.2 Å². The van der Waals surface area contributed by atoms with E-state index in [2.05, 4.69) is 11.8 Å². The maximum atomic E-state index is 11.6. The number of esters is 1. The second kappa shape index (κ2) is 12.5. The Morgan fingerprint density at radius 2 is 1.71 bits per heavy atom. The Kier molecular flexibility index (Phi) is 8.93. The first kappa shape index (κ1) is 27.1. The van der Waals surface area contributed by atoms with Crippen LogP contribution in [-0.2, 0) is 26.0 Å². The summed E-state index contributed by atoms with van der Waals surface area (Å²) in [6.07, 6.45) is 1.95. The average molecular weight is 535 g/mol. The van der Waals surface area contributed by atoms with Crippen LogP contribution in [0.15, 0.2) is 66.7 Å². The van der Waals surface area contributed by atoms with E-state index in [9.17, 15) is 13.2 Å². The zero-order chi connectivity index (χ0) is 27.0. The van der Waals surface area contributed by atoms with Crippen LogP contribution < -0.4 is 14.2 Å². The molecule has 1 aliphatic heterocycles. The molecule has 1 unspecified atom stereocenters. The van der Waals surface area contributed by atoms with Crippen LogP contribution in [0.25, 0.3) is 0 Å². The maximum Gasteiger partial charge on any atom is 0.306 e. The molecule has 0 spiro atoms. The van der Waals surface area contributed by atoms with Crippen LogP contribution in [0, 0.1) is 11.8 Å². The molecule has 0 saturated heterocycles. The zero-order valence-electron chi connectivity index (χ0n) is 21.4. The van der Waals surface area contributed by atoms with Crippen molar-refractivity contribution in [2.75, 3.05) is 32.3 Å². The van der Waals surface area contributed by atoms with Gasteiger partial charge < -0.3 is 18.9 Å². The predicted octanol–water partition coefficient (Wildman–Crippen LogP) is 4.52. The summed E-state index contributed by atoms with van der Waals surface area (Å²) in [5.41, 5.74) is 3.62. The topological polar surface area (TPSA) is 88.1 Å². The van der Waals surface area contributed by atoms with Gasteiger partial charge in [-0.15, -0.1) is 0 Å². The van der Waals surface area contributed by atoms with Gasteiger partial charge in [0.1, 0.15) is 33.7 Å². The van der Waals surface area contributed by atoms with E-state index in [-0.39, 0.29) is 17.6 Å². The van der Waals surface area contributed by atoms with Gasteiger partial charge in [0.15, 0.2) is 0 Å². The average Bonchev–Trinajstić information content (AvgIpc) is 3.30. The zero-order valence-corrected chi connectivity index (χ0v) is 22.3. The molecule has 8 heteroatoms. The molecule has 7 nitrogen and oxygen atoms in total. The van der Waals surface area contributed by atoms with Crippen molar-refractivity contribution in [1.82, 2.24) is 0 Å². The lowest BCUT2D eigenvalue weighted by atomic mass is 9.98. The lowest BCUT2D eigenvalue weighted by Crippen LogP contribution is -2.09. The molecular formula is C30H30O7S. The highest BCUT2D eigenvalue weighted by Gasteiger charge is 2.27. The van der Waals surface area contributed by atoms with Crippen molar-refractivity contribution < 1.29 is 32.2 Å². The fourth-order valence-corrected chi connectivity index (χ4v) is 4.67. The fourth-order valence-electron chi connectivity index (χ4n) is 4.02. The highest BCUT2D eigenvalue weighted by atomic mass is 32.2. The molecule has 0 radical (unpaired) electrons. The second-order valence-corrected chi connectivity index (χ2v) is 11.3. The number of hydrogen-bond acceptors (Lipinski definition) is 7. The van der Waals surface area contributed by atoms with E-state index in [1.807, 2.05) is 66.7 Å². The van der Waals surface area contributed by atoms with Crippen molar-refractivity contribution in [1.29, 1.82) is 0 Å². The summed E-state index contributed by atoms with van der Waals surface area (Å²) in [6, 6.07) is 20.9. The normalized spacial score (nSPS) is 14.0. The lowest BCUT2D eigenvalue weighted by Gasteiger charge is -2.09. The molecule has 198 valence electrons. The molecule has 0 aliphatic carbocycles. The summed E-state index contributed by atoms with van der Waals surface area (Å²) >= 11 is 0. The summed E-state index contributed by atoms with van der Waals surface area (Å²) in [5.74, 6) is 8.25. The molecule has 0 bridgehead atoms. The van der Waals surface area contributed by atoms with Crippen LogP contribution in [-0.4, -0.2) is 46.7 Å². The van der Waals surface area contributed by atoms with E-state index in [1.54, 1.807) is 0 Å². The van der Waals surface area contributed by atoms with Gasteiger partial charge in [-0.3, -0.25) is 4.79 Å². The molecule has 4 rings (SSSR count). The number of ether oxygens (including phenoxy) is 4. The molecule has 0 N–H and O–H groups in total. The number of sulfone groups is 1. The number of rotatable bonds is 10. The first-order valence-electron chi connectivity index (χ1n) is 12.3. The smallest absolute Gasteiger partial charge is 0.306 e. The van der Waals surface area contributed by atoms with Crippen LogP contribution >= 0.6 is 0 Å². The lowest BCUT2D eigenvalue weighted by molar-refractivity contribution is -0.141. The molecule has 0 aromatic heterocycles. The number of carbonyl (C=O) groups excluding carboxylic acids is 1. The molecule has 0 fully saturated rings. The van der Waals surface area contributed by atoms with Crippen LogP contribution in [0.1, 0.15) is 41.0 Å². The summed E-state index contributed by atoms with van der Waals surface area (Å²) in [7, 11) is -1.60. The van der Waals surface area contributed by atoms with Crippen LogP contribution in [0.5, 0.6) is 17.2 Å². The fraction of sp³-hybridized carbons (Fsp3) is 0.300. The Bertz CT molecular complexity index is 1450. The molecule has 0 saturated carbocycles. The first-order chi connectivity index (χ1) is 18.3. The molecular weight excluding hydrogens is 504 g/mol. The van der Waals surface area contributed by atoms with Gasteiger partial charge >= 0.3 is 5.97 Å². The minimum atomic E-state index is -2.99. The van der Waals surface area contributed by atoms with Crippen molar-refractivity contribution in [2.45, 2.75) is 25.4 Å². The number of methoxy groups -OCH3 is 1. The van der Waals surface area contributed by atoms with Gasteiger partial charge in [0.2, 0.25) is 0 Å². The molecule has 0 amide bonds. The van der Waals surface area contributed by atoms with Gasteiger partial charge in [-0.2, -0.15) is 0 Å². The molecule has 3 aromatic rings.